The molecular formula is C21H32ClIN6O. The molecular weight excluding hydrogens is 515 g/mol. The van der Waals surface area contributed by atoms with E-state index in [-0.39, 0.29) is 24.0 Å². The Hall–Kier alpha value is -1.68. The van der Waals surface area contributed by atoms with Crippen LogP contribution in [0.3, 0.4) is 0 Å². The van der Waals surface area contributed by atoms with Gasteiger partial charge in [0, 0.05) is 50.5 Å². The molecule has 1 aromatic carbocycles. The molecule has 1 aromatic heterocycles. The van der Waals surface area contributed by atoms with Crippen LogP contribution in [0.25, 0.3) is 0 Å². The minimum absolute atomic E-state index is 0. The van der Waals surface area contributed by atoms with E-state index in [0.717, 1.165) is 60.6 Å². The summed E-state index contributed by atoms with van der Waals surface area (Å²) >= 11 is 6.19. The second kappa shape index (κ2) is 11.1. The monoisotopic (exact) mass is 546 g/mol. The van der Waals surface area contributed by atoms with Gasteiger partial charge in [-0.3, -0.25) is 9.67 Å². The van der Waals surface area contributed by atoms with E-state index in [1.165, 1.54) is 11.3 Å². The average Bonchev–Trinajstić information content (AvgIpc) is 3.26. The minimum Gasteiger partial charge on any atom is -0.495 e. The highest BCUT2D eigenvalue weighted by atomic mass is 127. The molecule has 0 aliphatic carbocycles. The number of aliphatic imine (C=N–C) groups is 1. The number of hydrogen-bond acceptors (Lipinski definition) is 4. The van der Waals surface area contributed by atoms with Crippen LogP contribution >= 0.6 is 35.6 Å². The molecule has 30 heavy (non-hydrogen) atoms. The summed E-state index contributed by atoms with van der Waals surface area (Å²) in [5.41, 5.74) is 4.65. The van der Waals surface area contributed by atoms with E-state index >= 15 is 0 Å². The van der Waals surface area contributed by atoms with Crippen molar-refractivity contribution in [1.82, 2.24) is 20.4 Å². The number of anilines is 1. The Morgan fingerprint density at radius 1 is 1.37 bits per heavy atom. The molecule has 0 spiro atoms. The molecule has 7 nitrogen and oxygen atoms in total. The highest BCUT2D eigenvalue weighted by Crippen LogP contribution is 2.33. The zero-order valence-corrected chi connectivity index (χ0v) is 21.4. The normalized spacial score (nSPS) is 16.4. The lowest BCUT2D eigenvalue weighted by Crippen LogP contribution is -2.45. The Morgan fingerprint density at radius 2 is 2.13 bits per heavy atom. The smallest absolute Gasteiger partial charge is 0.191 e. The highest BCUT2D eigenvalue weighted by Gasteiger charge is 2.25. The number of halogens is 2. The Kier molecular flexibility index (Phi) is 9.09. The van der Waals surface area contributed by atoms with E-state index in [9.17, 15) is 0 Å². The van der Waals surface area contributed by atoms with Gasteiger partial charge in [0.25, 0.3) is 0 Å². The summed E-state index contributed by atoms with van der Waals surface area (Å²) in [6.45, 7) is 6.80. The number of nitrogens with one attached hydrogen (secondary N) is 2. The molecule has 1 aliphatic heterocycles. The summed E-state index contributed by atoms with van der Waals surface area (Å²) in [4.78, 5) is 6.69. The van der Waals surface area contributed by atoms with Gasteiger partial charge >= 0.3 is 0 Å². The van der Waals surface area contributed by atoms with Crippen molar-refractivity contribution >= 4 is 47.2 Å². The molecule has 166 valence electrons. The molecule has 0 radical (unpaired) electrons. The van der Waals surface area contributed by atoms with Gasteiger partial charge in [-0.1, -0.05) is 11.6 Å². The van der Waals surface area contributed by atoms with Crippen LogP contribution < -0.4 is 20.3 Å². The molecule has 3 rings (SSSR count). The maximum Gasteiger partial charge on any atom is 0.191 e. The van der Waals surface area contributed by atoms with Crippen LogP contribution in [0.15, 0.2) is 23.2 Å². The SMILES string of the molecule is CN=C(NCCc1c(C)nn(C)c1C)NC1CCN(c2cc(Cl)ccc2OC)C1.I. The zero-order chi connectivity index (χ0) is 21.0. The van der Waals surface area contributed by atoms with Crippen LogP contribution in [-0.4, -0.2) is 55.6 Å². The van der Waals surface area contributed by atoms with Crippen LogP contribution in [0.2, 0.25) is 5.02 Å². The van der Waals surface area contributed by atoms with Crippen molar-refractivity contribution in [3.63, 3.8) is 0 Å². The molecule has 0 saturated carbocycles. The fraction of sp³-hybridized carbons (Fsp3) is 0.524. The molecule has 2 heterocycles. The average molecular weight is 547 g/mol. The maximum atomic E-state index is 6.19. The largest absolute Gasteiger partial charge is 0.495 e. The first-order chi connectivity index (χ1) is 13.9. The van der Waals surface area contributed by atoms with Gasteiger partial charge in [-0.25, -0.2) is 0 Å². The number of aromatic nitrogens is 2. The molecule has 0 bridgehead atoms. The summed E-state index contributed by atoms with van der Waals surface area (Å²) in [5, 5.41) is 12.2. The topological polar surface area (TPSA) is 66.7 Å². The van der Waals surface area contributed by atoms with Crippen LogP contribution in [0.1, 0.15) is 23.4 Å². The second-order valence-electron chi connectivity index (χ2n) is 7.41. The Morgan fingerprint density at radius 3 is 2.77 bits per heavy atom. The number of rotatable bonds is 6. The quantitative estimate of drug-likeness (QED) is 0.331. The minimum atomic E-state index is 0. The first-order valence-corrected chi connectivity index (χ1v) is 10.4. The first kappa shape index (κ1) is 24.6. The number of methoxy groups -OCH3 is 1. The van der Waals surface area contributed by atoms with Gasteiger partial charge in [-0.05, 0) is 50.5 Å². The maximum absolute atomic E-state index is 6.19. The Balaban J connectivity index is 0.00000320. The third-order valence-electron chi connectivity index (χ3n) is 5.56. The molecule has 0 amide bonds. The number of guanidine groups is 1. The Bertz CT molecular complexity index is 885. The lowest BCUT2D eigenvalue weighted by Gasteiger charge is -2.22. The van der Waals surface area contributed by atoms with Gasteiger partial charge in [0.2, 0.25) is 0 Å². The summed E-state index contributed by atoms with van der Waals surface area (Å²) in [6.07, 6.45) is 1.94. The lowest BCUT2D eigenvalue weighted by molar-refractivity contribution is 0.415. The molecule has 9 heteroatoms. The number of benzene rings is 1. The van der Waals surface area contributed by atoms with Crippen LogP contribution in [0.5, 0.6) is 5.75 Å². The fourth-order valence-corrected chi connectivity index (χ4v) is 4.05. The van der Waals surface area contributed by atoms with E-state index in [1.54, 1.807) is 7.11 Å². The fourth-order valence-electron chi connectivity index (χ4n) is 3.88. The van der Waals surface area contributed by atoms with Crippen molar-refractivity contribution in [1.29, 1.82) is 0 Å². The van der Waals surface area contributed by atoms with Gasteiger partial charge < -0.3 is 20.3 Å². The van der Waals surface area contributed by atoms with Crippen molar-refractivity contribution in [2.45, 2.75) is 32.7 Å². The molecule has 1 unspecified atom stereocenters. The van der Waals surface area contributed by atoms with Crippen molar-refractivity contribution in [3.05, 3.63) is 40.2 Å². The van der Waals surface area contributed by atoms with Crippen molar-refractivity contribution in [2.24, 2.45) is 12.0 Å². The first-order valence-electron chi connectivity index (χ1n) is 9.97. The van der Waals surface area contributed by atoms with Gasteiger partial charge in [-0.15, -0.1) is 24.0 Å². The number of aryl methyl sites for hydroxylation is 2. The van der Waals surface area contributed by atoms with Gasteiger partial charge in [0.1, 0.15) is 5.75 Å². The van der Waals surface area contributed by atoms with E-state index in [2.05, 4.69) is 39.5 Å². The standard InChI is InChI=1S/C21H31ClN6O.HI/c1-14-18(15(2)27(4)26-14)8-10-24-21(23-3)25-17-9-11-28(13-17)19-12-16(22)6-7-20(19)29-5;/h6-7,12,17H,8-11,13H2,1-5H3,(H2,23,24,25);1H. The van der Waals surface area contributed by atoms with Crippen LogP contribution in [0, 0.1) is 13.8 Å². The van der Waals surface area contributed by atoms with E-state index in [4.69, 9.17) is 16.3 Å². The molecule has 1 atom stereocenters. The predicted octanol–water partition coefficient (Wildman–Crippen LogP) is 3.30. The molecule has 2 N–H and O–H groups in total. The van der Waals surface area contributed by atoms with Gasteiger partial charge in [-0.2, -0.15) is 5.10 Å². The summed E-state index contributed by atoms with van der Waals surface area (Å²) in [5.74, 6) is 1.67. The van der Waals surface area contributed by atoms with Gasteiger partial charge in [0.05, 0.1) is 18.5 Å². The molecule has 1 saturated heterocycles. The van der Waals surface area contributed by atoms with E-state index in [1.807, 2.05) is 37.0 Å². The third-order valence-corrected chi connectivity index (χ3v) is 5.80. The Labute approximate surface area is 201 Å². The van der Waals surface area contributed by atoms with Crippen molar-refractivity contribution in [3.8, 4) is 5.75 Å². The van der Waals surface area contributed by atoms with Crippen molar-refractivity contribution in [2.75, 3.05) is 38.7 Å². The number of hydrogen-bond donors (Lipinski definition) is 2. The van der Waals surface area contributed by atoms with Crippen molar-refractivity contribution < 1.29 is 4.74 Å². The summed E-state index contributed by atoms with van der Waals surface area (Å²) in [7, 11) is 5.49. The molecule has 1 fully saturated rings. The molecule has 1 aliphatic rings. The number of nitrogens with zero attached hydrogens (tertiary/aromatic N) is 4. The van der Waals surface area contributed by atoms with E-state index < -0.39 is 0 Å². The van der Waals surface area contributed by atoms with Crippen LogP contribution in [0.4, 0.5) is 5.69 Å². The summed E-state index contributed by atoms with van der Waals surface area (Å²) in [6, 6.07) is 6.05. The molecule has 2 aromatic rings. The number of ether oxygens (including phenoxy) is 1. The highest BCUT2D eigenvalue weighted by molar-refractivity contribution is 14.0. The van der Waals surface area contributed by atoms with Crippen LogP contribution in [-0.2, 0) is 13.5 Å². The lowest BCUT2D eigenvalue weighted by atomic mass is 10.1. The zero-order valence-electron chi connectivity index (χ0n) is 18.3. The predicted molar refractivity (Wildman–Crippen MR) is 135 cm³/mol. The van der Waals surface area contributed by atoms with Gasteiger partial charge in [0.15, 0.2) is 5.96 Å². The second-order valence-corrected chi connectivity index (χ2v) is 7.85. The van der Waals surface area contributed by atoms with E-state index in [0.29, 0.717) is 6.04 Å². The third kappa shape index (κ3) is 5.72. The summed E-state index contributed by atoms with van der Waals surface area (Å²) < 4.78 is 7.44.